The number of fused-ring (bicyclic) bond motifs is 3. The Morgan fingerprint density at radius 3 is 2.40 bits per heavy atom. The Morgan fingerprint density at radius 1 is 0.948 bits per heavy atom. The monoisotopic (exact) mass is 819 g/mol. The summed E-state index contributed by atoms with van der Waals surface area (Å²) in [6.07, 6.45) is 4.73. The Labute approximate surface area is 347 Å². The molecule has 58 heavy (non-hydrogen) atoms. The van der Waals surface area contributed by atoms with Crippen LogP contribution >= 0.6 is 11.6 Å². The highest BCUT2D eigenvalue weighted by molar-refractivity contribution is 6.91. The standard InChI is InChI=1S/C47H54ClN3O6Si/c1-31-45(58(3,4)39-21-19-38(56-2)20-22-39)42(27-44(54)50-29-34-12-9-8-11-33(34)25-37(50)30-52)57-47(31)40-26-35(48)16-23-41(40)51(46(47)55)28-32-14-17-36(18-15-32)49-24-10-6-5-7-13-43(49)53/h8-9,11-12,14-23,26,31,37,42,45,52H,5-7,10,13,24-25,27-30H2,1-4H3/t31-,37+,42+,45-,47+/m1/s1. The number of nitrogens with zero attached hydrogens (tertiary/aromatic N) is 3. The molecule has 3 amide bonds. The number of aliphatic hydroxyl groups is 1. The first-order chi connectivity index (χ1) is 28.0. The van der Waals surface area contributed by atoms with Crippen LogP contribution in [0.2, 0.25) is 23.7 Å². The quantitative estimate of drug-likeness (QED) is 0.174. The zero-order chi connectivity index (χ0) is 40.8. The number of halogens is 1. The largest absolute Gasteiger partial charge is 0.497 e. The van der Waals surface area contributed by atoms with Crippen molar-refractivity contribution in [3.05, 3.63) is 118 Å². The third-order valence-electron chi connectivity index (χ3n) is 13.5. The van der Waals surface area contributed by atoms with Crippen molar-refractivity contribution in [3.8, 4) is 5.75 Å². The van der Waals surface area contributed by atoms with E-state index in [1.165, 1.54) is 5.19 Å². The number of ether oxygens (including phenoxy) is 2. The molecule has 304 valence electrons. The zero-order valence-corrected chi connectivity index (χ0v) is 35.7. The van der Waals surface area contributed by atoms with Gasteiger partial charge in [-0.3, -0.25) is 14.4 Å². The van der Waals surface area contributed by atoms with E-state index in [0.717, 1.165) is 65.1 Å². The van der Waals surface area contributed by atoms with Crippen LogP contribution in [0.5, 0.6) is 5.75 Å². The van der Waals surface area contributed by atoms with Crippen LogP contribution in [0.15, 0.2) is 91.0 Å². The van der Waals surface area contributed by atoms with Crippen molar-refractivity contribution in [1.29, 1.82) is 0 Å². The molecule has 1 spiro atoms. The molecule has 2 saturated heterocycles. The Balaban J connectivity index is 1.14. The van der Waals surface area contributed by atoms with Gasteiger partial charge in [0.1, 0.15) is 5.75 Å². The number of methoxy groups -OCH3 is 1. The third kappa shape index (κ3) is 7.16. The minimum absolute atomic E-state index is 0.0713. The van der Waals surface area contributed by atoms with E-state index in [1.807, 2.05) is 82.6 Å². The maximum absolute atomic E-state index is 15.4. The molecule has 2 fully saturated rings. The maximum Gasteiger partial charge on any atom is 0.264 e. The highest BCUT2D eigenvalue weighted by Crippen LogP contribution is 2.60. The van der Waals surface area contributed by atoms with Gasteiger partial charge >= 0.3 is 0 Å². The molecule has 8 rings (SSSR count). The second-order valence-corrected chi connectivity index (χ2v) is 22.2. The average Bonchev–Trinajstić information content (AvgIpc) is 3.64. The fourth-order valence-corrected chi connectivity index (χ4v) is 14.6. The lowest BCUT2D eigenvalue weighted by Gasteiger charge is -2.39. The summed E-state index contributed by atoms with van der Waals surface area (Å²) in [7, 11) is -0.880. The van der Waals surface area contributed by atoms with E-state index in [9.17, 15) is 14.7 Å². The van der Waals surface area contributed by atoms with Gasteiger partial charge in [0.15, 0.2) is 5.60 Å². The number of rotatable bonds is 9. The van der Waals surface area contributed by atoms with E-state index in [4.69, 9.17) is 21.1 Å². The highest BCUT2D eigenvalue weighted by atomic mass is 35.5. The Kier molecular flexibility index (Phi) is 11.3. The fourth-order valence-electron chi connectivity index (χ4n) is 10.4. The Hall–Kier alpha value is -4.48. The minimum atomic E-state index is -2.53. The molecule has 0 unspecified atom stereocenters. The van der Waals surface area contributed by atoms with E-state index in [-0.39, 0.29) is 48.3 Å². The van der Waals surface area contributed by atoms with Crippen molar-refractivity contribution in [2.75, 3.05) is 30.1 Å². The molecule has 0 aromatic heterocycles. The first-order valence-electron chi connectivity index (χ1n) is 20.8. The summed E-state index contributed by atoms with van der Waals surface area (Å²) in [5.41, 5.74) is 3.96. The van der Waals surface area contributed by atoms with Crippen molar-refractivity contribution in [3.63, 3.8) is 0 Å². The fraction of sp³-hybridized carbons (Fsp3) is 0.426. The van der Waals surface area contributed by atoms with Crippen molar-refractivity contribution in [2.45, 2.75) is 101 Å². The van der Waals surface area contributed by atoms with Gasteiger partial charge in [-0.2, -0.15) is 0 Å². The number of carbonyl (C=O) groups is 3. The number of hydrogen-bond acceptors (Lipinski definition) is 6. The molecule has 4 aliphatic heterocycles. The van der Waals surface area contributed by atoms with Gasteiger partial charge in [-0.25, -0.2) is 0 Å². The number of aliphatic hydroxyl groups excluding tert-OH is 1. The second kappa shape index (κ2) is 16.3. The molecule has 0 aliphatic carbocycles. The minimum Gasteiger partial charge on any atom is -0.497 e. The summed E-state index contributed by atoms with van der Waals surface area (Å²) in [6, 6.07) is 29.5. The van der Waals surface area contributed by atoms with E-state index in [0.29, 0.717) is 37.5 Å². The van der Waals surface area contributed by atoms with Crippen molar-refractivity contribution < 1.29 is 29.0 Å². The molecule has 0 radical (unpaired) electrons. The Morgan fingerprint density at radius 2 is 1.67 bits per heavy atom. The van der Waals surface area contributed by atoms with E-state index in [1.54, 1.807) is 12.0 Å². The lowest BCUT2D eigenvalue weighted by atomic mass is 9.82. The summed E-state index contributed by atoms with van der Waals surface area (Å²) in [4.78, 5) is 48.5. The second-order valence-electron chi connectivity index (χ2n) is 17.1. The van der Waals surface area contributed by atoms with Crippen LogP contribution in [0, 0.1) is 5.92 Å². The molecule has 4 heterocycles. The predicted octanol–water partition coefficient (Wildman–Crippen LogP) is 7.74. The van der Waals surface area contributed by atoms with E-state index in [2.05, 4.69) is 38.2 Å². The first kappa shape index (κ1) is 40.3. The van der Waals surface area contributed by atoms with Crippen molar-refractivity contribution in [2.24, 2.45) is 5.92 Å². The van der Waals surface area contributed by atoms with Gasteiger partial charge in [0, 0.05) is 41.7 Å². The van der Waals surface area contributed by atoms with Gasteiger partial charge < -0.3 is 29.3 Å². The highest BCUT2D eigenvalue weighted by Gasteiger charge is 2.66. The average molecular weight is 821 g/mol. The van der Waals surface area contributed by atoms with Gasteiger partial charge in [0.25, 0.3) is 5.91 Å². The van der Waals surface area contributed by atoms with Crippen LogP contribution in [0.4, 0.5) is 11.4 Å². The number of anilines is 2. The summed E-state index contributed by atoms with van der Waals surface area (Å²) < 4.78 is 12.8. The van der Waals surface area contributed by atoms with Gasteiger partial charge in [0.05, 0.1) is 52.6 Å². The number of amides is 3. The first-order valence-corrected chi connectivity index (χ1v) is 24.2. The molecule has 0 bridgehead atoms. The summed E-state index contributed by atoms with van der Waals surface area (Å²) in [5.74, 6) is 0.335. The number of benzene rings is 4. The molecule has 4 aromatic rings. The molecule has 9 nitrogen and oxygen atoms in total. The lowest BCUT2D eigenvalue weighted by molar-refractivity contribution is -0.151. The topological polar surface area (TPSA) is 99.6 Å². The summed E-state index contributed by atoms with van der Waals surface area (Å²) in [5, 5.41) is 12.2. The predicted molar refractivity (Wildman–Crippen MR) is 230 cm³/mol. The Bertz CT molecular complexity index is 2180. The van der Waals surface area contributed by atoms with Gasteiger partial charge in [-0.15, -0.1) is 0 Å². The van der Waals surface area contributed by atoms with E-state index < -0.39 is 19.8 Å². The van der Waals surface area contributed by atoms with Crippen LogP contribution < -0.4 is 19.7 Å². The molecular weight excluding hydrogens is 766 g/mol. The van der Waals surface area contributed by atoms with Crippen LogP contribution in [-0.2, 0) is 44.2 Å². The van der Waals surface area contributed by atoms with Crippen LogP contribution in [0.3, 0.4) is 0 Å². The SMILES string of the molecule is COc1ccc([Si](C)(C)[C@H]2[C@H](CC(=O)N3Cc4ccccc4C[C@H]3CO)O[C@@]3(C(=O)N(Cc4ccc(N5CCCCCCC5=O)cc4)c4ccc(Cl)cc43)[C@@H]2C)cc1. The number of carbonyl (C=O) groups excluding carboxylic acids is 3. The molecule has 11 heteroatoms. The molecule has 4 aromatic carbocycles. The van der Waals surface area contributed by atoms with E-state index >= 15 is 4.79 Å². The van der Waals surface area contributed by atoms with Crippen LogP contribution in [0.1, 0.15) is 67.7 Å². The van der Waals surface area contributed by atoms with Crippen molar-refractivity contribution in [1.82, 2.24) is 4.90 Å². The summed E-state index contributed by atoms with van der Waals surface area (Å²) in [6.45, 7) is 8.00. The van der Waals surface area contributed by atoms with Crippen molar-refractivity contribution >= 4 is 54.0 Å². The summed E-state index contributed by atoms with van der Waals surface area (Å²) >= 11 is 6.75. The molecule has 5 atom stereocenters. The third-order valence-corrected chi connectivity index (χ3v) is 18.1. The lowest BCUT2D eigenvalue weighted by Crippen LogP contribution is -2.52. The van der Waals surface area contributed by atoms with Gasteiger partial charge in [-0.1, -0.05) is 98.2 Å². The van der Waals surface area contributed by atoms with Gasteiger partial charge in [-0.05, 0) is 84.0 Å². The molecule has 1 N–H and O–H groups in total. The molecule has 4 aliphatic rings. The smallest absolute Gasteiger partial charge is 0.264 e. The van der Waals surface area contributed by atoms with Crippen LogP contribution in [-0.4, -0.2) is 68.2 Å². The normalized spacial score (nSPS) is 24.8. The maximum atomic E-state index is 15.4. The van der Waals surface area contributed by atoms with Crippen LogP contribution in [0.25, 0.3) is 0 Å². The number of hydrogen-bond donors (Lipinski definition) is 1. The van der Waals surface area contributed by atoms with Gasteiger partial charge in [0.2, 0.25) is 11.8 Å². The molecular formula is C47H54ClN3O6Si. The zero-order valence-electron chi connectivity index (χ0n) is 34.0. The molecule has 0 saturated carbocycles.